The first-order valence-corrected chi connectivity index (χ1v) is 6.02. The maximum Gasteiger partial charge on any atom is 0.238 e. The van der Waals surface area contributed by atoms with E-state index < -0.39 is 0 Å². The van der Waals surface area contributed by atoms with Gasteiger partial charge in [0.25, 0.3) is 0 Å². The van der Waals surface area contributed by atoms with Crippen molar-refractivity contribution in [2.24, 2.45) is 0 Å². The summed E-state index contributed by atoms with van der Waals surface area (Å²) in [4.78, 5) is 4.29. The summed E-state index contributed by atoms with van der Waals surface area (Å²) in [7, 11) is 0. The Labute approximate surface area is 101 Å². The van der Waals surface area contributed by atoms with Crippen LogP contribution in [0.3, 0.4) is 0 Å². The molecule has 2 heterocycles. The van der Waals surface area contributed by atoms with E-state index in [1.807, 2.05) is 6.20 Å². The van der Waals surface area contributed by atoms with Crippen molar-refractivity contribution in [3.05, 3.63) is 17.8 Å². The molecule has 2 aromatic heterocycles. The maximum absolute atomic E-state index is 5.69. The molecule has 5 heteroatoms. The zero-order valence-electron chi connectivity index (χ0n) is 10.3. The number of aryl methyl sites for hydroxylation is 1. The van der Waals surface area contributed by atoms with Crippen molar-refractivity contribution in [1.29, 1.82) is 0 Å². The summed E-state index contributed by atoms with van der Waals surface area (Å²) < 4.78 is 7.40. The number of aromatic nitrogens is 3. The summed E-state index contributed by atoms with van der Waals surface area (Å²) >= 11 is 0. The van der Waals surface area contributed by atoms with Crippen LogP contribution in [0.4, 0.5) is 5.82 Å². The lowest BCUT2D eigenvalue weighted by Gasteiger charge is -2.02. The van der Waals surface area contributed by atoms with Gasteiger partial charge in [-0.15, -0.1) is 5.10 Å². The van der Waals surface area contributed by atoms with E-state index in [1.54, 1.807) is 10.6 Å². The predicted molar refractivity (Wildman–Crippen MR) is 67.2 cm³/mol. The smallest absolute Gasteiger partial charge is 0.238 e. The van der Waals surface area contributed by atoms with Crippen molar-refractivity contribution in [3.63, 3.8) is 0 Å². The third-order valence-electron chi connectivity index (χ3n) is 2.66. The molecule has 0 aliphatic rings. The molecule has 92 valence electrons. The highest BCUT2D eigenvalue weighted by atomic mass is 16.5. The van der Waals surface area contributed by atoms with Gasteiger partial charge in [-0.3, -0.25) is 0 Å². The molecule has 2 aromatic rings. The second kappa shape index (κ2) is 5.03. The van der Waals surface area contributed by atoms with E-state index in [4.69, 9.17) is 10.5 Å². The Morgan fingerprint density at radius 2 is 2.24 bits per heavy atom. The van der Waals surface area contributed by atoms with Crippen LogP contribution in [0, 0.1) is 0 Å². The highest BCUT2D eigenvalue weighted by Gasteiger charge is 2.13. The number of ether oxygens (including phenoxy) is 1. The number of unbranched alkanes of at least 4 members (excludes halogenated alkanes) is 1. The van der Waals surface area contributed by atoms with Crippen LogP contribution in [-0.4, -0.2) is 21.2 Å². The normalized spacial score (nSPS) is 10.9. The molecule has 0 atom stereocenters. The minimum absolute atomic E-state index is 0.507. The Kier molecular flexibility index (Phi) is 3.46. The molecule has 2 N–H and O–H groups in total. The van der Waals surface area contributed by atoms with Gasteiger partial charge in [0.2, 0.25) is 5.88 Å². The first kappa shape index (κ1) is 11.7. The number of anilines is 1. The number of hydrogen-bond donors (Lipinski definition) is 1. The van der Waals surface area contributed by atoms with Crippen LogP contribution in [0.2, 0.25) is 0 Å². The number of nitrogens with zero attached hydrogens (tertiary/aromatic N) is 3. The van der Waals surface area contributed by atoms with E-state index in [0.29, 0.717) is 18.3 Å². The summed E-state index contributed by atoms with van der Waals surface area (Å²) in [5.41, 5.74) is 7.50. The van der Waals surface area contributed by atoms with Gasteiger partial charge in [0.15, 0.2) is 5.65 Å². The van der Waals surface area contributed by atoms with Gasteiger partial charge in [-0.05, 0) is 18.9 Å². The lowest BCUT2D eigenvalue weighted by Crippen LogP contribution is -1.98. The highest BCUT2D eigenvalue weighted by molar-refractivity contribution is 5.55. The molecule has 0 spiro atoms. The van der Waals surface area contributed by atoms with Crippen LogP contribution in [0.25, 0.3) is 5.65 Å². The molecule has 0 bridgehead atoms. The molecular formula is C12H18N4O. The molecule has 0 saturated heterocycles. The number of rotatable bonds is 5. The zero-order valence-corrected chi connectivity index (χ0v) is 10.3. The number of nitrogens with two attached hydrogens (primary N) is 1. The Bertz CT molecular complexity index is 506. The number of fused-ring (bicyclic) bond motifs is 1. The van der Waals surface area contributed by atoms with E-state index in [-0.39, 0.29) is 0 Å². The van der Waals surface area contributed by atoms with Crippen molar-refractivity contribution >= 4 is 11.5 Å². The average Bonchev–Trinajstić information content (AvgIpc) is 2.66. The highest BCUT2D eigenvalue weighted by Crippen LogP contribution is 2.22. The van der Waals surface area contributed by atoms with Crippen LogP contribution < -0.4 is 10.5 Å². The van der Waals surface area contributed by atoms with Gasteiger partial charge in [-0.2, -0.15) is 0 Å². The lowest BCUT2D eigenvalue weighted by atomic mass is 10.2. The lowest BCUT2D eigenvalue weighted by molar-refractivity contribution is 0.294. The minimum atomic E-state index is 0.507. The summed E-state index contributed by atoms with van der Waals surface area (Å²) in [5, 5.41) is 4.37. The first-order chi connectivity index (χ1) is 8.26. The zero-order chi connectivity index (χ0) is 12.3. The molecule has 0 aliphatic carbocycles. The van der Waals surface area contributed by atoms with Gasteiger partial charge in [0.05, 0.1) is 12.2 Å². The van der Waals surface area contributed by atoms with Crippen LogP contribution in [0.15, 0.2) is 12.3 Å². The Morgan fingerprint density at radius 3 is 2.94 bits per heavy atom. The van der Waals surface area contributed by atoms with Gasteiger partial charge in [-0.1, -0.05) is 20.3 Å². The molecule has 0 unspecified atom stereocenters. The molecule has 17 heavy (non-hydrogen) atoms. The van der Waals surface area contributed by atoms with Gasteiger partial charge in [-0.25, -0.2) is 9.50 Å². The predicted octanol–water partition coefficient (Wildman–Crippen LogP) is 2.05. The molecule has 0 amide bonds. The van der Waals surface area contributed by atoms with Gasteiger partial charge >= 0.3 is 0 Å². The summed E-state index contributed by atoms with van der Waals surface area (Å²) in [6.45, 7) is 4.90. The average molecular weight is 234 g/mol. The Balaban J connectivity index is 2.35. The topological polar surface area (TPSA) is 65.4 Å². The fourth-order valence-corrected chi connectivity index (χ4v) is 1.71. The molecule has 0 radical (unpaired) electrons. The van der Waals surface area contributed by atoms with Crippen LogP contribution in [-0.2, 0) is 6.42 Å². The van der Waals surface area contributed by atoms with Crippen molar-refractivity contribution in [2.75, 3.05) is 12.3 Å². The van der Waals surface area contributed by atoms with E-state index in [2.05, 4.69) is 23.9 Å². The van der Waals surface area contributed by atoms with Crippen molar-refractivity contribution < 1.29 is 4.74 Å². The quantitative estimate of drug-likeness (QED) is 0.804. The first-order valence-electron chi connectivity index (χ1n) is 6.02. The molecule has 5 nitrogen and oxygen atoms in total. The summed E-state index contributed by atoms with van der Waals surface area (Å²) in [6.07, 6.45) is 4.79. The molecule has 0 fully saturated rings. The third kappa shape index (κ3) is 2.33. The Hall–Kier alpha value is -1.78. The largest absolute Gasteiger partial charge is 0.476 e. The van der Waals surface area contributed by atoms with Gasteiger partial charge < -0.3 is 10.5 Å². The van der Waals surface area contributed by atoms with E-state index in [9.17, 15) is 0 Å². The van der Waals surface area contributed by atoms with Gasteiger partial charge in [0.1, 0.15) is 5.82 Å². The second-order valence-electron chi connectivity index (χ2n) is 3.96. The van der Waals surface area contributed by atoms with Crippen LogP contribution >= 0.6 is 0 Å². The van der Waals surface area contributed by atoms with Gasteiger partial charge in [0, 0.05) is 6.20 Å². The minimum Gasteiger partial charge on any atom is -0.476 e. The fraction of sp³-hybridized carbons (Fsp3) is 0.500. The Morgan fingerprint density at radius 1 is 1.41 bits per heavy atom. The molecule has 0 saturated carbocycles. The van der Waals surface area contributed by atoms with Crippen molar-refractivity contribution in [1.82, 2.24) is 14.6 Å². The maximum atomic E-state index is 5.69. The second-order valence-corrected chi connectivity index (χ2v) is 3.96. The third-order valence-corrected chi connectivity index (χ3v) is 2.66. The van der Waals surface area contributed by atoms with Crippen LogP contribution in [0.1, 0.15) is 32.3 Å². The van der Waals surface area contributed by atoms with E-state index >= 15 is 0 Å². The van der Waals surface area contributed by atoms with E-state index in [1.165, 1.54) is 0 Å². The summed E-state index contributed by atoms with van der Waals surface area (Å²) in [6, 6.07) is 1.73. The molecule has 2 rings (SSSR count). The number of nitrogen functional groups attached to an aromatic ring is 1. The molecular weight excluding hydrogens is 216 g/mol. The van der Waals surface area contributed by atoms with E-state index in [0.717, 1.165) is 30.5 Å². The van der Waals surface area contributed by atoms with Crippen LogP contribution in [0.5, 0.6) is 5.88 Å². The summed E-state index contributed by atoms with van der Waals surface area (Å²) in [5.74, 6) is 1.19. The standard InChI is InChI=1S/C12H18N4O/c1-3-5-8-17-12-9(4-2)11-14-10(13)6-7-16(11)15-12/h6-7H,3-5,8H2,1-2H3,(H2,13,14). The molecule has 0 aromatic carbocycles. The fourth-order valence-electron chi connectivity index (χ4n) is 1.71. The van der Waals surface area contributed by atoms with Crippen molar-refractivity contribution in [2.45, 2.75) is 33.1 Å². The number of hydrogen-bond acceptors (Lipinski definition) is 4. The van der Waals surface area contributed by atoms with Crippen molar-refractivity contribution in [3.8, 4) is 5.88 Å². The monoisotopic (exact) mass is 234 g/mol. The SMILES string of the molecule is CCCCOc1nn2ccc(N)nc2c1CC. The molecule has 0 aliphatic heterocycles.